The molecule has 1 saturated heterocycles. The molecule has 2 N–H and O–H groups in total. The third-order valence-corrected chi connectivity index (χ3v) is 9.91. The zero-order valence-electron chi connectivity index (χ0n) is 23.2. The van der Waals surface area contributed by atoms with E-state index < -0.39 is 26.1 Å². The second-order valence-corrected chi connectivity index (χ2v) is 13.4. The van der Waals surface area contributed by atoms with Crippen LogP contribution in [0, 0.1) is 0 Å². The van der Waals surface area contributed by atoms with E-state index in [4.69, 9.17) is 4.74 Å². The zero-order valence-corrected chi connectivity index (χ0v) is 24.8. The van der Waals surface area contributed by atoms with Crippen LogP contribution in [0.5, 0.6) is 5.75 Å². The average molecular weight is 587 g/mol. The number of hydrogen-bond acceptors (Lipinski definition) is 7. The lowest BCUT2D eigenvalue weighted by Gasteiger charge is -2.38. The van der Waals surface area contributed by atoms with Crippen LogP contribution in [-0.2, 0) is 20.0 Å². The van der Waals surface area contributed by atoms with Gasteiger partial charge in [-0.2, -0.15) is 0 Å². The molecule has 40 heavy (non-hydrogen) atoms. The number of unbranched alkanes of at least 4 members (excludes halogenated alkanes) is 1. The molecule has 1 aliphatic heterocycles. The number of piperazine rings is 1. The molecule has 0 unspecified atom stereocenters. The van der Waals surface area contributed by atoms with Crippen molar-refractivity contribution < 1.29 is 21.6 Å². The fraction of sp³-hybridized carbons (Fsp3) is 0.379. The molecule has 3 aromatic rings. The average Bonchev–Trinajstić information content (AvgIpc) is 2.96. The third kappa shape index (κ3) is 7.26. The van der Waals surface area contributed by atoms with Crippen LogP contribution in [0.4, 0.5) is 17.1 Å². The molecule has 1 atom stereocenters. The van der Waals surface area contributed by atoms with Crippen molar-refractivity contribution in [2.45, 2.75) is 37.6 Å². The number of ether oxygens (including phenoxy) is 1. The fourth-order valence-electron chi connectivity index (χ4n) is 4.80. The van der Waals surface area contributed by atoms with Crippen LogP contribution in [0.1, 0.15) is 38.3 Å². The first kappa shape index (κ1) is 29.7. The van der Waals surface area contributed by atoms with Crippen LogP contribution in [0.25, 0.3) is 0 Å². The van der Waals surface area contributed by atoms with Crippen molar-refractivity contribution in [3.05, 3.63) is 78.4 Å². The van der Waals surface area contributed by atoms with Crippen molar-refractivity contribution in [2.24, 2.45) is 0 Å². The van der Waals surface area contributed by atoms with Gasteiger partial charge in [-0.25, -0.2) is 21.6 Å². The SMILES string of the molecule is CCCCS(=O)(=O)Nc1ccc(N2CCN(c3ccccc3OC)CC2)c(S(=O)(=O)N[C@@H](C)c2ccccc2)c1. The first-order valence-corrected chi connectivity index (χ1v) is 16.6. The molecule has 0 aliphatic carbocycles. The Bertz CT molecular complexity index is 1490. The molecule has 0 aromatic heterocycles. The summed E-state index contributed by atoms with van der Waals surface area (Å²) in [6.45, 7) is 6.20. The summed E-state index contributed by atoms with van der Waals surface area (Å²) in [4.78, 5) is 4.29. The molecule has 1 fully saturated rings. The maximum Gasteiger partial charge on any atom is 0.243 e. The highest BCUT2D eigenvalue weighted by Gasteiger charge is 2.28. The number of nitrogens with zero attached hydrogens (tertiary/aromatic N) is 2. The Balaban J connectivity index is 1.63. The van der Waals surface area contributed by atoms with Crippen molar-refractivity contribution in [2.75, 3.05) is 53.6 Å². The molecule has 1 heterocycles. The van der Waals surface area contributed by atoms with Gasteiger partial charge in [0.25, 0.3) is 0 Å². The highest BCUT2D eigenvalue weighted by atomic mass is 32.2. The predicted molar refractivity (Wildman–Crippen MR) is 161 cm³/mol. The third-order valence-electron chi connectivity index (χ3n) is 6.97. The van der Waals surface area contributed by atoms with E-state index in [1.165, 1.54) is 6.07 Å². The Morgan fingerprint density at radius 1 is 0.850 bits per heavy atom. The van der Waals surface area contributed by atoms with Crippen LogP contribution in [0.2, 0.25) is 0 Å². The quantitative estimate of drug-likeness (QED) is 0.319. The maximum absolute atomic E-state index is 13.8. The monoisotopic (exact) mass is 586 g/mol. The van der Waals surface area contributed by atoms with Crippen molar-refractivity contribution in [3.8, 4) is 5.75 Å². The maximum atomic E-state index is 13.8. The normalized spacial score (nSPS) is 15.1. The Morgan fingerprint density at radius 2 is 1.48 bits per heavy atom. The minimum atomic E-state index is -4.02. The van der Waals surface area contributed by atoms with E-state index >= 15 is 0 Å². The predicted octanol–water partition coefficient (Wildman–Crippen LogP) is 4.60. The lowest BCUT2D eigenvalue weighted by atomic mass is 10.1. The lowest BCUT2D eigenvalue weighted by molar-refractivity contribution is 0.413. The van der Waals surface area contributed by atoms with Gasteiger partial charge in [-0.1, -0.05) is 55.8 Å². The van der Waals surface area contributed by atoms with E-state index in [-0.39, 0.29) is 16.3 Å². The van der Waals surface area contributed by atoms with Gasteiger partial charge in [0.1, 0.15) is 10.6 Å². The van der Waals surface area contributed by atoms with Crippen molar-refractivity contribution in [1.29, 1.82) is 0 Å². The first-order chi connectivity index (χ1) is 19.1. The second-order valence-electron chi connectivity index (χ2n) is 9.86. The van der Waals surface area contributed by atoms with E-state index in [0.29, 0.717) is 38.3 Å². The number of sulfonamides is 2. The molecule has 0 spiro atoms. The number of rotatable bonds is 12. The minimum Gasteiger partial charge on any atom is -0.495 e. The van der Waals surface area contributed by atoms with Gasteiger partial charge in [0, 0.05) is 37.9 Å². The highest BCUT2D eigenvalue weighted by Crippen LogP contribution is 2.33. The van der Waals surface area contributed by atoms with Crippen LogP contribution in [-0.4, -0.2) is 55.9 Å². The summed E-state index contributed by atoms with van der Waals surface area (Å²) < 4.78 is 63.6. The smallest absolute Gasteiger partial charge is 0.243 e. The van der Waals surface area contributed by atoms with Crippen molar-refractivity contribution >= 4 is 37.1 Å². The summed E-state index contributed by atoms with van der Waals surface area (Å²) in [5, 5.41) is 0. The summed E-state index contributed by atoms with van der Waals surface area (Å²) in [7, 11) is -5.98. The second kappa shape index (κ2) is 12.9. The van der Waals surface area contributed by atoms with Crippen LogP contribution in [0.3, 0.4) is 0 Å². The fourth-order valence-corrected chi connectivity index (χ4v) is 7.54. The van der Waals surface area contributed by atoms with Gasteiger partial charge in [0.2, 0.25) is 20.0 Å². The molecular formula is C29H38N4O5S2. The Labute approximate surface area is 238 Å². The molecular weight excluding hydrogens is 548 g/mol. The largest absolute Gasteiger partial charge is 0.495 e. The van der Waals surface area contributed by atoms with Gasteiger partial charge in [0.15, 0.2) is 0 Å². The number of nitrogens with one attached hydrogen (secondary N) is 2. The topological polar surface area (TPSA) is 108 Å². The summed E-state index contributed by atoms with van der Waals surface area (Å²) >= 11 is 0. The molecule has 0 bridgehead atoms. The molecule has 3 aromatic carbocycles. The Morgan fingerprint density at radius 3 is 2.12 bits per heavy atom. The summed E-state index contributed by atoms with van der Waals surface area (Å²) in [6.07, 6.45) is 1.26. The molecule has 1 aliphatic rings. The van der Waals surface area contributed by atoms with Gasteiger partial charge >= 0.3 is 0 Å². The van der Waals surface area contributed by atoms with Gasteiger partial charge in [-0.05, 0) is 49.2 Å². The number of anilines is 3. The van der Waals surface area contributed by atoms with Gasteiger partial charge in [-0.15, -0.1) is 0 Å². The first-order valence-electron chi connectivity index (χ1n) is 13.5. The van der Waals surface area contributed by atoms with Crippen molar-refractivity contribution in [1.82, 2.24) is 4.72 Å². The van der Waals surface area contributed by atoms with Crippen LogP contribution >= 0.6 is 0 Å². The lowest BCUT2D eigenvalue weighted by Crippen LogP contribution is -2.47. The molecule has 0 saturated carbocycles. The van der Waals surface area contributed by atoms with Crippen molar-refractivity contribution in [3.63, 3.8) is 0 Å². The van der Waals surface area contributed by atoms with Gasteiger partial charge in [-0.3, -0.25) is 4.72 Å². The van der Waals surface area contributed by atoms with Crippen LogP contribution in [0.15, 0.2) is 77.7 Å². The standard InChI is InChI=1S/C29H38N4O5S2/c1-4-5-21-39(34,35)31-25-15-16-27(29(22-25)40(36,37)30-23(2)24-11-7-6-8-12-24)33-19-17-32(18-20-33)26-13-9-10-14-28(26)38-3/h6-16,22-23,30-31H,4-5,17-21H2,1-3H3/t23-/m0/s1. The van der Waals surface area contributed by atoms with Gasteiger partial charge < -0.3 is 14.5 Å². The summed E-state index contributed by atoms with van der Waals surface area (Å²) in [6, 6.07) is 21.4. The summed E-state index contributed by atoms with van der Waals surface area (Å²) in [5.41, 5.74) is 2.58. The van der Waals surface area contributed by atoms with E-state index in [1.54, 1.807) is 26.2 Å². The van der Waals surface area contributed by atoms with E-state index in [0.717, 1.165) is 23.4 Å². The molecule has 4 rings (SSSR count). The zero-order chi connectivity index (χ0) is 28.8. The number of para-hydroxylation sites is 2. The van der Waals surface area contributed by atoms with Crippen LogP contribution < -0.4 is 24.0 Å². The Kier molecular flexibility index (Phi) is 9.60. The molecule has 0 radical (unpaired) electrons. The summed E-state index contributed by atoms with van der Waals surface area (Å²) in [5.74, 6) is 0.764. The number of hydrogen-bond donors (Lipinski definition) is 2. The Hall–Kier alpha value is -3.28. The van der Waals surface area contributed by atoms with E-state index in [9.17, 15) is 16.8 Å². The minimum absolute atomic E-state index is 0.0263. The van der Waals surface area contributed by atoms with Gasteiger partial charge in [0.05, 0.1) is 24.2 Å². The molecule has 0 amide bonds. The number of benzene rings is 3. The number of methoxy groups -OCH3 is 1. The molecule has 9 nitrogen and oxygen atoms in total. The molecule has 216 valence electrons. The molecule has 11 heteroatoms. The highest BCUT2D eigenvalue weighted by molar-refractivity contribution is 7.92. The van der Waals surface area contributed by atoms with E-state index in [1.807, 2.05) is 66.4 Å². The van der Waals surface area contributed by atoms with E-state index in [2.05, 4.69) is 14.3 Å².